The number of anilines is 1. The number of benzene rings is 1. The summed E-state index contributed by atoms with van der Waals surface area (Å²) in [6, 6.07) is 4.75. The van der Waals surface area contributed by atoms with Crippen LogP contribution in [0.3, 0.4) is 0 Å². The Morgan fingerprint density at radius 2 is 2.29 bits per heavy atom. The van der Waals surface area contributed by atoms with Crippen molar-refractivity contribution in [2.24, 2.45) is 0 Å². The number of halogens is 2. The van der Waals surface area contributed by atoms with Crippen LogP contribution >= 0.6 is 15.9 Å². The molecule has 1 unspecified atom stereocenters. The Bertz CT molecular complexity index is 644. The van der Waals surface area contributed by atoms with Gasteiger partial charge in [-0.15, -0.1) is 0 Å². The highest BCUT2D eigenvalue weighted by Crippen LogP contribution is 2.24. The summed E-state index contributed by atoms with van der Waals surface area (Å²) in [6.45, 7) is 2.02. The molecule has 0 aliphatic heterocycles. The van der Waals surface area contributed by atoms with Crippen LogP contribution in [-0.4, -0.2) is 22.7 Å². The van der Waals surface area contributed by atoms with Crippen LogP contribution in [0.15, 0.2) is 35.1 Å². The van der Waals surface area contributed by atoms with Crippen molar-refractivity contribution >= 4 is 27.5 Å². The van der Waals surface area contributed by atoms with Gasteiger partial charge in [0.05, 0.1) is 17.9 Å². The zero-order chi connectivity index (χ0) is 15.4. The second-order valence-electron chi connectivity index (χ2n) is 4.63. The number of amides is 1. The molecular formula is C14H16BrFN4O. The van der Waals surface area contributed by atoms with Gasteiger partial charge in [-0.3, -0.25) is 9.48 Å². The summed E-state index contributed by atoms with van der Waals surface area (Å²) in [5.41, 5.74) is 1.30. The van der Waals surface area contributed by atoms with Crippen LogP contribution in [0.5, 0.6) is 0 Å². The van der Waals surface area contributed by atoms with Crippen LogP contribution in [0, 0.1) is 5.82 Å². The Morgan fingerprint density at radius 1 is 1.52 bits per heavy atom. The van der Waals surface area contributed by atoms with Gasteiger partial charge in [0.1, 0.15) is 12.4 Å². The fraction of sp³-hybridized carbons (Fsp3) is 0.286. The molecule has 2 aromatic rings. The Morgan fingerprint density at radius 3 is 2.95 bits per heavy atom. The first-order valence-corrected chi connectivity index (χ1v) is 7.23. The van der Waals surface area contributed by atoms with E-state index in [2.05, 4.69) is 31.7 Å². The van der Waals surface area contributed by atoms with E-state index in [4.69, 9.17) is 0 Å². The van der Waals surface area contributed by atoms with Crippen molar-refractivity contribution in [2.45, 2.75) is 19.5 Å². The van der Waals surface area contributed by atoms with Gasteiger partial charge in [-0.2, -0.15) is 5.10 Å². The summed E-state index contributed by atoms with van der Waals surface area (Å²) in [5.74, 6) is -0.404. The van der Waals surface area contributed by atoms with E-state index in [9.17, 15) is 9.18 Å². The number of nitrogens with zero attached hydrogens (tertiary/aromatic N) is 2. The molecule has 1 heterocycles. The van der Waals surface area contributed by atoms with Crippen molar-refractivity contribution in [3.05, 3.63) is 46.4 Å². The normalized spacial score (nSPS) is 12.0. The standard InChI is InChI=1S/C14H16BrFN4O/c1-9(12-4-3-10(15)5-13(12)16)19-11-6-18-20(7-11)8-14(21)17-2/h3-7,9,19H,8H2,1-2H3,(H,17,21). The first-order chi connectivity index (χ1) is 9.99. The lowest BCUT2D eigenvalue weighted by Gasteiger charge is -2.15. The summed E-state index contributed by atoms with van der Waals surface area (Å²) in [7, 11) is 1.57. The van der Waals surface area contributed by atoms with Gasteiger partial charge in [0.25, 0.3) is 0 Å². The molecule has 0 saturated heterocycles. The minimum Gasteiger partial charge on any atom is -0.376 e. The molecule has 1 aromatic carbocycles. The molecule has 21 heavy (non-hydrogen) atoms. The number of carbonyl (C=O) groups excluding carboxylic acids is 1. The molecule has 0 saturated carbocycles. The van der Waals surface area contributed by atoms with Crippen molar-refractivity contribution in [3.8, 4) is 0 Å². The van der Waals surface area contributed by atoms with Crippen molar-refractivity contribution in [1.29, 1.82) is 0 Å². The smallest absolute Gasteiger partial charge is 0.241 e. The maximum absolute atomic E-state index is 13.9. The van der Waals surface area contributed by atoms with Gasteiger partial charge in [0, 0.05) is 23.3 Å². The Hall–Kier alpha value is -1.89. The molecular weight excluding hydrogens is 339 g/mol. The third-order valence-electron chi connectivity index (χ3n) is 3.03. The maximum atomic E-state index is 13.9. The second-order valence-corrected chi connectivity index (χ2v) is 5.55. The first kappa shape index (κ1) is 15.5. The molecule has 0 aliphatic rings. The molecule has 0 spiro atoms. The van der Waals surface area contributed by atoms with E-state index in [1.807, 2.05) is 6.92 Å². The number of likely N-dealkylation sites (N-methyl/N-ethyl adjacent to an activating group) is 1. The van der Waals surface area contributed by atoms with Crippen molar-refractivity contribution in [2.75, 3.05) is 12.4 Å². The molecule has 0 radical (unpaired) electrons. The minimum atomic E-state index is -0.276. The topological polar surface area (TPSA) is 59.0 Å². The van der Waals surface area contributed by atoms with Crippen LogP contribution in [0.1, 0.15) is 18.5 Å². The third kappa shape index (κ3) is 4.04. The predicted molar refractivity (Wildman–Crippen MR) is 82.4 cm³/mol. The molecule has 0 aliphatic carbocycles. The molecule has 0 bridgehead atoms. The fourth-order valence-corrected chi connectivity index (χ4v) is 2.26. The zero-order valence-electron chi connectivity index (χ0n) is 11.7. The Balaban J connectivity index is 2.05. The zero-order valence-corrected chi connectivity index (χ0v) is 13.3. The number of aromatic nitrogens is 2. The molecule has 1 aromatic heterocycles. The molecule has 2 N–H and O–H groups in total. The van der Waals surface area contributed by atoms with Crippen molar-refractivity contribution < 1.29 is 9.18 Å². The van der Waals surface area contributed by atoms with Gasteiger partial charge in [0.2, 0.25) is 5.91 Å². The van der Waals surface area contributed by atoms with E-state index in [1.165, 1.54) is 10.7 Å². The van der Waals surface area contributed by atoms with E-state index in [1.54, 1.807) is 31.6 Å². The summed E-state index contributed by atoms with van der Waals surface area (Å²) in [5, 5.41) is 9.77. The van der Waals surface area contributed by atoms with Crippen molar-refractivity contribution in [3.63, 3.8) is 0 Å². The molecule has 7 heteroatoms. The lowest BCUT2D eigenvalue weighted by molar-refractivity contribution is -0.121. The van der Waals surface area contributed by atoms with Gasteiger partial charge in [-0.25, -0.2) is 4.39 Å². The van der Waals surface area contributed by atoms with E-state index < -0.39 is 0 Å². The number of nitrogens with one attached hydrogen (secondary N) is 2. The third-order valence-corrected chi connectivity index (χ3v) is 3.52. The lowest BCUT2D eigenvalue weighted by Crippen LogP contribution is -2.23. The van der Waals surface area contributed by atoms with Gasteiger partial charge in [-0.1, -0.05) is 22.0 Å². The van der Waals surface area contributed by atoms with Gasteiger partial charge in [0.15, 0.2) is 0 Å². The quantitative estimate of drug-likeness (QED) is 0.867. The molecule has 1 amide bonds. The highest BCUT2D eigenvalue weighted by molar-refractivity contribution is 9.10. The van der Waals surface area contributed by atoms with Crippen LogP contribution in [0.25, 0.3) is 0 Å². The average Bonchev–Trinajstić information content (AvgIpc) is 2.85. The van der Waals surface area contributed by atoms with E-state index >= 15 is 0 Å². The Kier molecular flexibility index (Phi) is 4.95. The van der Waals surface area contributed by atoms with Crippen LogP contribution < -0.4 is 10.6 Å². The largest absolute Gasteiger partial charge is 0.376 e. The van der Waals surface area contributed by atoms with Gasteiger partial charge in [-0.05, 0) is 19.1 Å². The van der Waals surface area contributed by atoms with Crippen LogP contribution in [0.4, 0.5) is 10.1 Å². The highest BCUT2D eigenvalue weighted by Gasteiger charge is 2.12. The SMILES string of the molecule is CNC(=O)Cn1cc(NC(C)c2ccc(Br)cc2F)cn1. The van der Waals surface area contributed by atoms with E-state index in [-0.39, 0.29) is 24.3 Å². The monoisotopic (exact) mass is 354 g/mol. The fourth-order valence-electron chi connectivity index (χ4n) is 1.93. The second kappa shape index (κ2) is 6.71. The lowest BCUT2D eigenvalue weighted by atomic mass is 10.1. The van der Waals surface area contributed by atoms with Gasteiger partial charge >= 0.3 is 0 Å². The van der Waals surface area contributed by atoms with Gasteiger partial charge < -0.3 is 10.6 Å². The summed E-state index contributed by atoms with van der Waals surface area (Å²) in [4.78, 5) is 11.3. The predicted octanol–water partition coefficient (Wildman–Crippen LogP) is 2.70. The molecule has 2 rings (SSSR count). The number of rotatable bonds is 5. The van der Waals surface area contributed by atoms with Crippen LogP contribution in [0.2, 0.25) is 0 Å². The minimum absolute atomic E-state index is 0.128. The maximum Gasteiger partial charge on any atom is 0.241 e. The molecule has 5 nitrogen and oxygen atoms in total. The first-order valence-electron chi connectivity index (χ1n) is 6.44. The number of carbonyl (C=O) groups is 1. The Labute approximate surface area is 130 Å². The molecule has 112 valence electrons. The van der Waals surface area contributed by atoms with E-state index in [0.29, 0.717) is 10.0 Å². The average molecular weight is 355 g/mol. The molecule has 0 fully saturated rings. The van der Waals surface area contributed by atoms with Crippen molar-refractivity contribution in [1.82, 2.24) is 15.1 Å². The summed E-state index contributed by atoms with van der Waals surface area (Å²) >= 11 is 3.23. The van der Waals surface area contributed by atoms with Crippen LogP contribution in [-0.2, 0) is 11.3 Å². The summed E-state index contributed by atoms with van der Waals surface area (Å²) in [6.07, 6.45) is 3.32. The van der Waals surface area contributed by atoms with E-state index in [0.717, 1.165) is 5.69 Å². The number of hydrogen-bond acceptors (Lipinski definition) is 3. The number of hydrogen-bond donors (Lipinski definition) is 2. The molecule has 1 atom stereocenters. The highest BCUT2D eigenvalue weighted by atomic mass is 79.9. The summed E-state index contributed by atoms with van der Waals surface area (Å²) < 4.78 is 16.1.